The third kappa shape index (κ3) is 5.28. The van der Waals surface area contributed by atoms with E-state index in [2.05, 4.69) is 10.1 Å². The number of carbonyl (C=O) groups excluding carboxylic acids is 2. The topological polar surface area (TPSA) is 55.4 Å². The number of allylic oxidation sites excluding steroid dienone is 1. The molecule has 1 N–H and O–H groups in total. The molecule has 2 aromatic carbocycles. The van der Waals surface area contributed by atoms with Gasteiger partial charge in [0.2, 0.25) is 5.91 Å². The van der Waals surface area contributed by atoms with Crippen LogP contribution in [0.3, 0.4) is 0 Å². The van der Waals surface area contributed by atoms with Crippen LogP contribution in [0.2, 0.25) is 0 Å². The molecule has 30 heavy (non-hydrogen) atoms. The van der Waals surface area contributed by atoms with E-state index in [4.69, 9.17) is 0 Å². The van der Waals surface area contributed by atoms with Gasteiger partial charge in [-0.1, -0.05) is 35.9 Å². The van der Waals surface area contributed by atoms with E-state index in [1.807, 2.05) is 0 Å². The van der Waals surface area contributed by atoms with Crippen LogP contribution < -0.4 is 5.32 Å². The number of ether oxygens (including phenoxy) is 1. The van der Waals surface area contributed by atoms with Gasteiger partial charge in [0, 0.05) is 12.1 Å². The highest BCUT2D eigenvalue weighted by atomic mass is 19.4. The Morgan fingerprint density at radius 2 is 1.77 bits per heavy atom. The zero-order chi connectivity index (χ0) is 21.7. The van der Waals surface area contributed by atoms with Crippen LogP contribution in [0.4, 0.5) is 13.2 Å². The van der Waals surface area contributed by atoms with Crippen molar-refractivity contribution in [3.8, 4) is 0 Å². The summed E-state index contributed by atoms with van der Waals surface area (Å²) in [6.07, 6.45) is -1.93. The van der Waals surface area contributed by atoms with E-state index < -0.39 is 17.7 Å². The Balaban J connectivity index is 1.66. The van der Waals surface area contributed by atoms with E-state index in [0.29, 0.717) is 42.5 Å². The minimum absolute atomic E-state index is 0.202. The van der Waals surface area contributed by atoms with Crippen molar-refractivity contribution in [1.29, 1.82) is 0 Å². The quantitative estimate of drug-likeness (QED) is 0.685. The molecule has 0 saturated heterocycles. The molecule has 2 aromatic rings. The molecule has 0 radical (unpaired) electrons. The van der Waals surface area contributed by atoms with E-state index in [-0.39, 0.29) is 5.91 Å². The van der Waals surface area contributed by atoms with Crippen LogP contribution in [-0.4, -0.2) is 19.0 Å². The summed E-state index contributed by atoms with van der Waals surface area (Å²) in [7, 11) is 1.31. The summed E-state index contributed by atoms with van der Waals surface area (Å²) in [5.41, 5.74) is 2.65. The monoisotopic (exact) mass is 417 g/mol. The number of hydrogen-bond acceptors (Lipinski definition) is 3. The Labute approximate surface area is 172 Å². The second-order valence-electron chi connectivity index (χ2n) is 7.18. The first kappa shape index (κ1) is 21.6. The van der Waals surface area contributed by atoms with Gasteiger partial charge >= 0.3 is 12.1 Å². The first-order valence-electron chi connectivity index (χ1n) is 9.60. The van der Waals surface area contributed by atoms with Crippen molar-refractivity contribution in [1.82, 2.24) is 5.32 Å². The average molecular weight is 417 g/mol. The highest BCUT2D eigenvalue weighted by molar-refractivity contribution is 5.94. The van der Waals surface area contributed by atoms with E-state index in [0.717, 1.165) is 29.7 Å². The van der Waals surface area contributed by atoms with Crippen LogP contribution in [0.25, 0.3) is 0 Å². The van der Waals surface area contributed by atoms with Crippen LogP contribution in [0.1, 0.15) is 46.3 Å². The lowest BCUT2D eigenvalue weighted by Gasteiger charge is -2.11. The van der Waals surface area contributed by atoms with Crippen LogP contribution in [0, 0.1) is 0 Å². The van der Waals surface area contributed by atoms with Gasteiger partial charge in [0.25, 0.3) is 0 Å². The number of carbonyl (C=O) groups is 2. The van der Waals surface area contributed by atoms with Crippen molar-refractivity contribution < 1.29 is 27.5 Å². The number of methoxy groups -OCH3 is 1. The summed E-state index contributed by atoms with van der Waals surface area (Å²) in [4.78, 5) is 24.1. The molecular formula is C23H22F3NO3. The van der Waals surface area contributed by atoms with Gasteiger partial charge < -0.3 is 10.1 Å². The minimum Gasteiger partial charge on any atom is -0.465 e. The molecule has 4 nitrogen and oxygen atoms in total. The molecule has 0 atom stereocenters. The number of rotatable bonds is 6. The molecule has 1 aliphatic rings. The Morgan fingerprint density at radius 1 is 1.03 bits per heavy atom. The highest BCUT2D eigenvalue weighted by Gasteiger charge is 2.30. The number of halogens is 3. The van der Waals surface area contributed by atoms with Gasteiger partial charge in [0.15, 0.2) is 0 Å². The van der Waals surface area contributed by atoms with Crippen molar-refractivity contribution in [2.45, 2.75) is 38.4 Å². The predicted molar refractivity (Wildman–Crippen MR) is 106 cm³/mol. The van der Waals surface area contributed by atoms with Gasteiger partial charge in [-0.2, -0.15) is 13.2 Å². The lowest BCUT2D eigenvalue weighted by molar-refractivity contribution is -0.137. The van der Waals surface area contributed by atoms with Crippen LogP contribution in [0.15, 0.2) is 59.7 Å². The molecular weight excluding hydrogens is 395 g/mol. The lowest BCUT2D eigenvalue weighted by atomic mass is 9.99. The number of hydrogen-bond donors (Lipinski definition) is 1. The molecule has 0 aromatic heterocycles. The zero-order valence-electron chi connectivity index (χ0n) is 16.5. The number of amides is 1. The third-order valence-electron chi connectivity index (χ3n) is 5.11. The van der Waals surface area contributed by atoms with E-state index >= 15 is 0 Å². The van der Waals surface area contributed by atoms with Crippen LogP contribution in [0.5, 0.6) is 0 Å². The second kappa shape index (κ2) is 9.15. The molecule has 0 fully saturated rings. The molecule has 0 unspecified atom stereocenters. The second-order valence-corrected chi connectivity index (χ2v) is 7.18. The number of benzene rings is 2. The van der Waals surface area contributed by atoms with E-state index in [1.54, 1.807) is 30.3 Å². The normalized spacial score (nSPS) is 14.0. The number of nitrogens with one attached hydrogen (secondary N) is 1. The van der Waals surface area contributed by atoms with Gasteiger partial charge in [-0.25, -0.2) is 4.79 Å². The third-order valence-corrected chi connectivity index (χ3v) is 5.11. The first-order valence-corrected chi connectivity index (χ1v) is 9.60. The molecule has 0 aliphatic heterocycles. The fourth-order valence-corrected chi connectivity index (χ4v) is 3.54. The van der Waals surface area contributed by atoms with E-state index in [1.165, 1.54) is 13.2 Å². The fraction of sp³-hybridized carbons (Fsp3) is 0.304. The maximum absolute atomic E-state index is 12.9. The zero-order valence-corrected chi connectivity index (χ0v) is 16.5. The lowest BCUT2D eigenvalue weighted by Crippen LogP contribution is -2.24. The molecule has 3 rings (SSSR count). The molecule has 0 heterocycles. The van der Waals surface area contributed by atoms with Gasteiger partial charge in [0.05, 0.1) is 18.2 Å². The molecule has 7 heteroatoms. The van der Waals surface area contributed by atoms with Gasteiger partial charge in [-0.3, -0.25) is 4.79 Å². The SMILES string of the molecule is COC(=O)c1ccc(CNC(=O)C2=C(Cc3cccc(C(F)(F)F)c3)CCC2)cc1. The summed E-state index contributed by atoms with van der Waals surface area (Å²) in [5.74, 6) is -0.632. The molecule has 158 valence electrons. The molecule has 1 amide bonds. The number of alkyl halides is 3. The largest absolute Gasteiger partial charge is 0.465 e. The Morgan fingerprint density at radius 3 is 2.43 bits per heavy atom. The van der Waals surface area contributed by atoms with Crippen molar-refractivity contribution in [3.63, 3.8) is 0 Å². The summed E-state index contributed by atoms with van der Waals surface area (Å²) < 4.78 is 43.5. The molecule has 0 saturated carbocycles. The molecule has 1 aliphatic carbocycles. The maximum Gasteiger partial charge on any atom is 0.416 e. The molecule has 0 bridgehead atoms. The fourth-order valence-electron chi connectivity index (χ4n) is 3.54. The van der Waals surface area contributed by atoms with Crippen molar-refractivity contribution in [2.75, 3.05) is 7.11 Å². The van der Waals surface area contributed by atoms with Crippen molar-refractivity contribution in [3.05, 3.63) is 81.9 Å². The van der Waals surface area contributed by atoms with Gasteiger partial charge in [0.1, 0.15) is 0 Å². The standard InChI is InChI=1S/C23H22F3NO3/c1-30-22(29)17-10-8-15(9-11-17)14-27-21(28)20-7-3-5-18(20)12-16-4-2-6-19(13-16)23(24,25)26/h2,4,6,8-11,13H,3,5,7,12,14H2,1H3,(H,27,28). The van der Waals surface area contributed by atoms with E-state index in [9.17, 15) is 22.8 Å². The Hall–Kier alpha value is -3.09. The number of esters is 1. The maximum atomic E-state index is 12.9. The Kier molecular flexibility index (Phi) is 6.59. The van der Waals surface area contributed by atoms with Crippen molar-refractivity contribution in [2.24, 2.45) is 0 Å². The first-order chi connectivity index (χ1) is 14.3. The van der Waals surface area contributed by atoms with Crippen LogP contribution in [-0.2, 0) is 28.7 Å². The highest BCUT2D eigenvalue weighted by Crippen LogP contribution is 2.32. The minimum atomic E-state index is -4.39. The van der Waals surface area contributed by atoms with Crippen molar-refractivity contribution >= 4 is 11.9 Å². The molecule has 0 spiro atoms. The predicted octanol–water partition coefficient (Wildman–Crippen LogP) is 4.83. The summed E-state index contributed by atoms with van der Waals surface area (Å²) in [6.45, 7) is 0.292. The smallest absolute Gasteiger partial charge is 0.416 e. The van der Waals surface area contributed by atoms with Gasteiger partial charge in [-0.15, -0.1) is 0 Å². The van der Waals surface area contributed by atoms with Gasteiger partial charge in [-0.05, 0) is 55.0 Å². The summed E-state index contributed by atoms with van der Waals surface area (Å²) in [5, 5.41) is 2.86. The van der Waals surface area contributed by atoms with Crippen LogP contribution >= 0.6 is 0 Å². The summed E-state index contributed by atoms with van der Waals surface area (Å²) in [6, 6.07) is 12.0. The summed E-state index contributed by atoms with van der Waals surface area (Å²) >= 11 is 0. The average Bonchev–Trinajstić information content (AvgIpc) is 3.19. The Bertz CT molecular complexity index is 962.